The third kappa shape index (κ3) is 4.74. The molecule has 0 radical (unpaired) electrons. The number of aryl methyl sites for hydroxylation is 2. The van der Waals surface area contributed by atoms with Gasteiger partial charge in [-0.05, 0) is 43.7 Å². The number of carbonyl (C=O) groups excluding carboxylic acids is 3. The van der Waals surface area contributed by atoms with Gasteiger partial charge in [0.25, 0.3) is 5.91 Å². The standard InChI is InChI=1S/C20H22N2O4S/c1-2-26-20(25)22-18(24)17-14-9-6-10-15(14)27-19(17)21-16(23)12-11-13-7-4-3-5-8-13/h3-5,7-8H,2,6,9-12H2,1H3,(H,21,23)(H,22,24,25). The Kier molecular flexibility index (Phi) is 6.24. The molecular weight excluding hydrogens is 364 g/mol. The van der Waals surface area contributed by atoms with Crippen LogP contribution >= 0.6 is 11.3 Å². The fourth-order valence-corrected chi connectivity index (χ4v) is 4.45. The van der Waals surface area contributed by atoms with E-state index < -0.39 is 12.0 Å². The van der Waals surface area contributed by atoms with Gasteiger partial charge in [-0.25, -0.2) is 4.79 Å². The fraction of sp³-hybridized carbons (Fsp3) is 0.350. The van der Waals surface area contributed by atoms with Crippen molar-refractivity contribution < 1.29 is 19.1 Å². The minimum Gasteiger partial charge on any atom is -0.450 e. The molecule has 1 aliphatic rings. The SMILES string of the molecule is CCOC(=O)NC(=O)c1c(NC(=O)CCc2ccccc2)sc2c1CCC2. The molecule has 0 saturated carbocycles. The van der Waals surface area contributed by atoms with Crippen molar-refractivity contribution in [2.24, 2.45) is 0 Å². The summed E-state index contributed by atoms with van der Waals surface area (Å²) >= 11 is 1.42. The molecular formula is C20H22N2O4S. The van der Waals surface area contributed by atoms with E-state index in [1.165, 1.54) is 11.3 Å². The summed E-state index contributed by atoms with van der Waals surface area (Å²) in [6.45, 7) is 1.86. The molecule has 1 aliphatic carbocycles. The van der Waals surface area contributed by atoms with Crippen molar-refractivity contribution in [3.8, 4) is 0 Å². The van der Waals surface area contributed by atoms with Crippen molar-refractivity contribution in [1.82, 2.24) is 5.32 Å². The van der Waals surface area contributed by atoms with Crippen LogP contribution in [0.1, 0.15) is 46.1 Å². The third-order valence-electron chi connectivity index (χ3n) is 4.38. The van der Waals surface area contributed by atoms with Gasteiger partial charge < -0.3 is 10.1 Å². The first-order chi connectivity index (χ1) is 13.1. The lowest BCUT2D eigenvalue weighted by Crippen LogP contribution is -2.32. The lowest BCUT2D eigenvalue weighted by atomic mass is 10.1. The van der Waals surface area contributed by atoms with E-state index in [1.54, 1.807) is 6.92 Å². The Bertz CT molecular complexity index is 845. The number of benzene rings is 1. The van der Waals surface area contributed by atoms with Gasteiger partial charge in [0.15, 0.2) is 0 Å². The van der Waals surface area contributed by atoms with Crippen molar-refractivity contribution in [2.45, 2.75) is 39.0 Å². The Balaban J connectivity index is 1.70. The fourth-order valence-electron chi connectivity index (χ4n) is 3.15. The molecule has 3 amide bonds. The van der Waals surface area contributed by atoms with Crippen molar-refractivity contribution in [3.63, 3.8) is 0 Å². The number of amides is 3. The molecule has 0 atom stereocenters. The first-order valence-corrected chi connectivity index (χ1v) is 9.86. The van der Waals surface area contributed by atoms with E-state index in [1.807, 2.05) is 30.3 Å². The van der Waals surface area contributed by atoms with E-state index in [2.05, 4.69) is 10.6 Å². The molecule has 7 heteroatoms. The van der Waals surface area contributed by atoms with Crippen LogP contribution in [0.25, 0.3) is 0 Å². The summed E-state index contributed by atoms with van der Waals surface area (Å²) in [5, 5.41) is 5.62. The minimum absolute atomic E-state index is 0.149. The van der Waals surface area contributed by atoms with E-state index in [-0.39, 0.29) is 12.5 Å². The smallest absolute Gasteiger partial charge is 0.414 e. The van der Waals surface area contributed by atoms with Crippen LogP contribution in [-0.2, 0) is 28.8 Å². The Morgan fingerprint density at radius 2 is 1.93 bits per heavy atom. The highest BCUT2D eigenvalue weighted by Crippen LogP contribution is 2.39. The number of nitrogens with one attached hydrogen (secondary N) is 2. The van der Waals surface area contributed by atoms with Crippen molar-refractivity contribution in [2.75, 3.05) is 11.9 Å². The number of fused-ring (bicyclic) bond motifs is 1. The van der Waals surface area contributed by atoms with Gasteiger partial charge in [-0.3, -0.25) is 14.9 Å². The lowest BCUT2D eigenvalue weighted by Gasteiger charge is -2.09. The maximum Gasteiger partial charge on any atom is 0.414 e. The van der Waals surface area contributed by atoms with Crippen molar-refractivity contribution in [3.05, 3.63) is 51.9 Å². The van der Waals surface area contributed by atoms with E-state index in [4.69, 9.17) is 4.74 Å². The summed E-state index contributed by atoms with van der Waals surface area (Å²) in [5.41, 5.74) is 2.41. The molecule has 1 aromatic heterocycles. The van der Waals surface area contributed by atoms with Crippen LogP contribution in [0, 0.1) is 0 Å². The molecule has 6 nitrogen and oxygen atoms in total. The van der Waals surface area contributed by atoms with Crippen LogP contribution < -0.4 is 10.6 Å². The highest BCUT2D eigenvalue weighted by Gasteiger charge is 2.28. The first-order valence-electron chi connectivity index (χ1n) is 9.05. The molecule has 2 aromatic rings. The molecule has 2 N–H and O–H groups in total. The first kappa shape index (κ1) is 19.1. The second-order valence-corrected chi connectivity index (χ2v) is 7.38. The van der Waals surface area contributed by atoms with Crippen molar-refractivity contribution in [1.29, 1.82) is 0 Å². The monoisotopic (exact) mass is 386 g/mol. The van der Waals surface area contributed by atoms with E-state index in [9.17, 15) is 14.4 Å². The third-order valence-corrected chi connectivity index (χ3v) is 5.58. The van der Waals surface area contributed by atoms with Crippen LogP contribution in [0.3, 0.4) is 0 Å². The number of anilines is 1. The predicted octanol–water partition coefficient (Wildman–Crippen LogP) is 3.69. The molecule has 27 heavy (non-hydrogen) atoms. The largest absolute Gasteiger partial charge is 0.450 e. The van der Waals surface area contributed by atoms with E-state index in [0.29, 0.717) is 23.4 Å². The quantitative estimate of drug-likeness (QED) is 0.793. The molecule has 0 spiro atoms. The van der Waals surface area contributed by atoms with Gasteiger partial charge in [0, 0.05) is 11.3 Å². The second kappa shape index (κ2) is 8.81. The number of hydrogen-bond donors (Lipinski definition) is 2. The predicted molar refractivity (Wildman–Crippen MR) is 104 cm³/mol. The van der Waals surface area contributed by atoms with Crippen LogP contribution in [0.4, 0.5) is 9.80 Å². The van der Waals surface area contributed by atoms with Crippen molar-refractivity contribution >= 4 is 34.2 Å². The Hall–Kier alpha value is -2.67. The average Bonchev–Trinajstić information content (AvgIpc) is 3.21. The van der Waals surface area contributed by atoms with Gasteiger partial charge in [-0.1, -0.05) is 30.3 Å². The lowest BCUT2D eigenvalue weighted by molar-refractivity contribution is -0.116. The molecule has 0 saturated heterocycles. The molecule has 1 aromatic carbocycles. The topological polar surface area (TPSA) is 84.5 Å². The van der Waals surface area contributed by atoms with Gasteiger partial charge in [0.1, 0.15) is 5.00 Å². The highest BCUT2D eigenvalue weighted by molar-refractivity contribution is 7.17. The second-order valence-electron chi connectivity index (χ2n) is 6.27. The Morgan fingerprint density at radius 3 is 2.67 bits per heavy atom. The maximum absolute atomic E-state index is 12.6. The molecule has 0 unspecified atom stereocenters. The van der Waals surface area contributed by atoms with Gasteiger partial charge in [-0.2, -0.15) is 0 Å². The highest BCUT2D eigenvalue weighted by atomic mass is 32.1. The zero-order valence-corrected chi connectivity index (χ0v) is 16.0. The van der Waals surface area contributed by atoms with E-state index in [0.717, 1.165) is 35.3 Å². The molecule has 3 rings (SSSR count). The average molecular weight is 386 g/mol. The van der Waals surface area contributed by atoms with Gasteiger partial charge >= 0.3 is 6.09 Å². The summed E-state index contributed by atoms with van der Waals surface area (Å²) in [5.74, 6) is -0.671. The zero-order valence-electron chi connectivity index (χ0n) is 15.2. The number of imide groups is 1. The Morgan fingerprint density at radius 1 is 1.15 bits per heavy atom. The summed E-state index contributed by atoms with van der Waals surface area (Å²) < 4.78 is 4.78. The number of alkyl carbamates (subject to hydrolysis) is 1. The summed E-state index contributed by atoms with van der Waals surface area (Å²) in [7, 11) is 0. The normalized spacial score (nSPS) is 12.3. The van der Waals surface area contributed by atoms with Crippen LogP contribution in [0.15, 0.2) is 30.3 Å². The number of rotatable bonds is 6. The Labute approximate surface area is 161 Å². The van der Waals surface area contributed by atoms with Crippen LogP contribution in [0.2, 0.25) is 0 Å². The number of thiophene rings is 1. The van der Waals surface area contributed by atoms with E-state index >= 15 is 0 Å². The van der Waals surface area contributed by atoms with Gasteiger partial charge in [0.05, 0.1) is 12.2 Å². The van der Waals surface area contributed by atoms with Gasteiger partial charge in [-0.15, -0.1) is 11.3 Å². The van der Waals surface area contributed by atoms with Crippen LogP contribution in [0.5, 0.6) is 0 Å². The molecule has 0 fully saturated rings. The minimum atomic E-state index is -0.776. The summed E-state index contributed by atoms with van der Waals surface area (Å²) in [6, 6.07) is 9.77. The van der Waals surface area contributed by atoms with Crippen LogP contribution in [-0.4, -0.2) is 24.5 Å². The molecule has 0 aliphatic heterocycles. The molecule has 142 valence electrons. The number of carbonyl (C=O) groups is 3. The maximum atomic E-state index is 12.6. The van der Waals surface area contributed by atoms with Gasteiger partial charge in [0.2, 0.25) is 5.91 Å². The number of ether oxygens (including phenoxy) is 1. The number of hydrogen-bond acceptors (Lipinski definition) is 5. The summed E-state index contributed by atoms with van der Waals surface area (Å²) in [4.78, 5) is 37.7. The zero-order chi connectivity index (χ0) is 19.2. The molecule has 0 bridgehead atoms. The molecule has 1 heterocycles. The summed E-state index contributed by atoms with van der Waals surface area (Å²) in [6.07, 6.45) is 2.81.